The first-order valence-electron chi connectivity index (χ1n) is 8.58. The molecule has 0 fully saturated rings. The summed E-state index contributed by atoms with van der Waals surface area (Å²) in [6.45, 7) is -0.194. The third-order valence-electron chi connectivity index (χ3n) is 3.65. The largest absolute Gasteiger partial charge is 0.484 e. The molecule has 10 heteroatoms. The van der Waals surface area contributed by atoms with Crippen molar-refractivity contribution >= 4 is 29.1 Å². The van der Waals surface area contributed by atoms with E-state index >= 15 is 0 Å². The van der Waals surface area contributed by atoms with Crippen LogP contribution in [0.1, 0.15) is 10.4 Å². The molecule has 0 unspecified atom stereocenters. The van der Waals surface area contributed by atoms with Gasteiger partial charge in [-0.05, 0) is 24.3 Å². The van der Waals surface area contributed by atoms with Crippen molar-refractivity contribution in [2.45, 2.75) is 0 Å². The average molecular weight is 393 g/mol. The van der Waals surface area contributed by atoms with E-state index < -0.39 is 5.91 Å². The van der Waals surface area contributed by atoms with Crippen molar-refractivity contribution in [3.8, 4) is 5.75 Å². The van der Waals surface area contributed by atoms with E-state index in [1.54, 1.807) is 48.5 Å². The molecule has 3 aromatic rings. The first kappa shape index (κ1) is 19.4. The normalized spacial score (nSPS) is 9.93. The van der Waals surface area contributed by atoms with E-state index in [-0.39, 0.29) is 29.8 Å². The van der Waals surface area contributed by atoms with Crippen molar-refractivity contribution in [3.05, 3.63) is 72.6 Å². The van der Waals surface area contributed by atoms with Gasteiger partial charge in [-0.15, -0.1) is 0 Å². The van der Waals surface area contributed by atoms with E-state index in [2.05, 4.69) is 31.7 Å². The van der Waals surface area contributed by atoms with Crippen LogP contribution in [-0.2, 0) is 4.79 Å². The summed E-state index contributed by atoms with van der Waals surface area (Å²) in [7, 11) is 0. The number of carbonyl (C=O) groups is 2. The second kappa shape index (κ2) is 9.55. The number of amides is 2. The van der Waals surface area contributed by atoms with E-state index in [4.69, 9.17) is 10.5 Å². The number of nitrogens with one attached hydrogen (secondary N) is 4. The van der Waals surface area contributed by atoms with E-state index in [0.717, 1.165) is 0 Å². The smallest absolute Gasteiger partial charge is 0.276 e. The van der Waals surface area contributed by atoms with Crippen molar-refractivity contribution < 1.29 is 14.3 Å². The molecule has 29 heavy (non-hydrogen) atoms. The predicted octanol–water partition coefficient (Wildman–Crippen LogP) is 1.34. The zero-order valence-electron chi connectivity index (χ0n) is 15.3. The van der Waals surface area contributed by atoms with Gasteiger partial charge in [0.2, 0.25) is 0 Å². The Kier molecular flexibility index (Phi) is 6.40. The molecule has 10 nitrogen and oxygen atoms in total. The van der Waals surface area contributed by atoms with E-state index in [1.165, 1.54) is 6.33 Å². The number of ether oxygens (including phenoxy) is 1. The third kappa shape index (κ3) is 5.57. The summed E-state index contributed by atoms with van der Waals surface area (Å²) in [6, 6.07) is 17.6. The molecule has 0 aliphatic rings. The third-order valence-corrected chi connectivity index (χ3v) is 3.65. The van der Waals surface area contributed by atoms with Crippen molar-refractivity contribution in [1.82, 2.24) is 20.8 Å². The molecule has 6 N–H and O–H groups in total. The summed E-state index contributed by atoms with van der Waals surface area (Å²) < 4.78 is 5.34. The molecule has 0 aliphatic heterocycles. The molecule has 148 valence electrons. The number of carbonyl (C=O) groups excluding carboxylic acids is 2. The van der Waals surface area contributed by atoms with Gasteiger partial charge in [-0.1, -0.05) is 36.4 Å². The average Bonchev–Trinajstić information content (AvgIpc) is 2.77. The maximum absolute atomic E-state index is 12.1. The molecular weight excluding hydrogens is 374 g/mol. The van der Waals surface area contributed by atoms with Crippen molar-refractivity contribution in [2.24, 2.45) is 0 Å². The molecular formula is C19H19N7O3. The molecule has 0 bridgehead atoms. The van der Waals surface area contributed by atoms with Crippen molar-refractivity contribution in [3.63, 3.8) is 0 Å². The number of para-hydroxylation sites is 1. The first-order chi connectivity index (χ1) is 14.1. The lowest BCUT2D eigenvalue weighted by molar-refractivity contribution is -0.122. The summed E-state index contributed by atoms with van der Waals surface area (Å²) in [4.78, 5) is 31.9. The van der Waals surface area contributed by atoms with E-state index in [9.17, 15) is 9.59 Å². The minimum absolute atomic E-state index is 0.102. The van der Waals surface area contributed by atoms with Crippen molar-refractivity contribution in [2.75, 3.05) is 23.2 Å². The van der Waals surface area contributed by atoms with E-state index in [1.807, 2.05) is 12.1 Å². The predicted molar refractivity (Wildman–Crippen MR) is 108 cm³/mol. The number of rotatable bonds is 8. The summed E-state index contributed by atoms with van der Waals surface area (Å²) in [6.07, 6.45) is 1.22. The van der Waals surface area contributed by atoms with Crippen LogP contribution >= 0.6 is 0 Å². The molecule has 0 saturated heterocycles. The van der Waals surface area contributed by atoms with Gasteiger partial charge in [-0.3, -0.25) is 31.3 Å². The van der Waals surface area contributed by atoms with Crippen LogP contribution in [0.4, 0.5) is 17.3 Å². The number of nitrogens with two attached hydrogens (primary N) is 1. The van der Waals surface area contributed by atoms with Crippen LogP contribution in [0, 0.1) is 0 Å². The Bertz CT molecular complexity index is 968. The van der Waals surface area contributed by atoms with Gasteiger partial charge in [0, 0.05) is 5.56 Å². The number of nitrogen functional groups attached to an aromatic ring is 1. The highest BCUT2D eigenvalue weighted by Crippen LogP contribution is 2.20. The molecule has 0 aliphatic carbocycles. The molecule has 1 aromatic heterocycles. The Hall–Kier alpha value is -4.34. The molecule has 0 radical (unpaired) electrons. The summed E-state index contributed by atoms with van der Waals surface area (Å²) >= 11 is 0. The second-order valence-corrected chi connectivity index (χ2v) is 5.70. The highest BCUT2D eigenvalue weighted by molar-refractivity contribution is 5.95. The number of aromatic nitrogens is 2. The topological polar surface area (TPSA) is 143 Å². The fourth-order valence-corrected chi connectivity index (χ4v) is 2.20. The SMILES string of the molecule is Nc1c(NNC(=O)COc2ccccc2)ncnc1NNC(=O)c1ccccc1. The molecule has 2 aromatic carbocycles. The molecule has 0 atom stereocenters. The van der Waals surface area contributed by atoms with Gasteiger partial charge in [0.05, 0.1) is 0 Å². The number of hydrogen-bond acceptors (Lipinski definition) is 8. The van der Waals surface area contributed by atoms with Crippen molar-refractivity contribution in [1.29, 1.82) is 0 Å². The van der Waals surface area contributed by atoms with Gasteiger partial charge >= 0.3 is 0 Å². The highest BCUT2D eigenvalue weighted by atomic mass is 16.5. The molecule has 0 spiro atoms. The van der Waals surface area contributed by atoms with Crippen LogP contribution in [0.15, 0.2) is 67.0 Å². The molecule has 1 heterocycles. The lowest BCUT2D eigenvalue weighted by Gasteiger charge is -2.14. The zero-order chi connectivity index (χ0) is 20.5. The molecule has 0 saturated carbocycles. The molecule has 2 amide bonds. The van der Waals surface area contributed by atoms with Gasteiger partial charge in [0.25, 0.3) is 11.8 Å². The molecule has 3 rings (SSSR count). The van der Waals surface area contributed by atoms with Crippen LogP contribution in [0.3, 0.4) is 0 Å². The van der Waals surface area contributed by atoms with Gasteiger partial charge < -0.3 is 10.5 Å². The van der Waals surface area contributed by atoms with Gasteiger partial charge in [-0.2, -0.15) is 0 Å². The van der Waals surface area contributed by atoms with Crippen LogP contribution in [0.25, 0.3) is 0 Å². The summed E-state index contributed by atoms with van der Waals surface area (Å²) in [5, 5.41) is 0. The van der Waals surface area contributed by atoms with Crippen LogP contribution in [-0.4, -0.2) is 28.4 Å². The Morgan fingerprint density at radius 2 is 1.45 bits per heavy atom. The summed E-state index contributed by atoms with van der Waals surface area (Å²) in [5.74, 6) is 0.110. The number of nitrogens with zero attached hydrogens (tertiary/aromatic N) is 2. The first-order valence-corrected chi connectivity index (χ1v) is 8.58. The Morgan fingerprint density at radius 3 is 2.10 bits per heavy atom. The monoisotopic (exact) mass is 393 g/mol. The standard InChI is InChI=1S/C19H19N7O3/c20-16-17(24-23-15(27)11-29-14-9-5-2-6-10-14)21-12-22-18(16)25-26-19(28)13-7-3-1-4-8-13/h1-10,12H,11,20H2,(H,23,27)(H,26,28)(H2,21,22,24,25). The van der Waals surface area contributed by atoms with Crippen LogP contribution < -0.4 is 32.2 Å². The minimum Gasteiger partial charge on any atom is -0.484 e. The van der Waals surface area contributed by atoms with Gasteiger partial charge in [-0.25, -0.2) is 9.97 Å². The van der Waals surface area contributed by atoms with Crippen LogP contribution in [0.5, 0.6) is 5.75 Å². The summed E-state index contributed by atoms with van der Waals surface area (Å²) in [5.41, 5.74) is 16.7. The van der Waals surface area contributed by atoms with E-state index in [0.29, 0.717) is 11.3 Å². The van der Waals surface area contributed by atoms with Crippen LogP contribution in [0.2, 0.25) is 0 Å². The lowest BCUT2D eigenvalue weighted by atomic mass is 10.2. The highest BCUT2D eigenvalue weighted by Gasteiger charge is 2.11. The number of hydrazine groups is 2. The Balaban J connectivity index is 1.51. The quantitative estimate of drug-likeness (QED) is 0.361. The Labute approximate surface area is 166 Å². The maximum atomic E-state index is 12.1. The van der Waals surface area contributed by atoms with Gasteiger partial charge in [0.15, 0.2) is 18.2 Å². The fraction of sp³-hybridized carbons (Fsp3) is 0.0526. The maximum Gasteiger partial charge on any atom is 0.276 e. The Morgan fingerprint density at radius 1 is 0.862 bits per heavy atom. The number of benzene rings is 2. The second-order valence-electron chi connectivity index (χ2n) is 5.70. The number of hydrogen-bond donors (Lipinski definition) is 5. The zero-order valence-corrected chi connectivity index (χ0v) is 15.3. The minimum atomic E-state index is -0.432. The van der Waals surface area contributed by atoms with Gasteiger partial charge in [0.1, 0.15) is 17.8 Å². The fourth-order valence-electron chi connectivity index (χ4n) is 2.20. The lowest BCUT2D eigenvalue weighted by Crippen LogP contribution is -2.34. The number of anilines is 3.